The van der Waals surface area contributed by atoms with Crippen molar-refractivity contribution in [2.45, 2.75) is 61.7 Å². The summed E-state index contributed by atoms with van der Waals surface area (Å²) >= 11 is 0. The van der Waals surface area contributed by atoms with Crippen molar-refractivity contribution in [2.24, 2.45) is 5.92 Å². The van der Waals surface area contributed by atoms with Crippen LogP contribution in [0, 0.1) is 5.92 Å². The molecule has 2 N–H and O–H groups in total. The highest BCUT2D eigenvalue weighted by atomic mass is 16.5. The van der Waals surface area contributed by atoms with Crippen molar-refractivity contribution in [3.8, 4) is 11.5 Å². The second-order valence-electron chi connectivity index (χ2n) is 8.72. The minimum absolute atomic E-state index is 0.0454. The molecule has 2 saturated carbocycles. The maximum Gasteiger partial charge on any atom is 0.174 e. The van der Waals surface area contributed by atoms with Crippen molar-refractivity contribution in [2.75, 3.05) is 13.1 Å². The summed E-state index contributed by atoms with van der Waals surface area (Å²) in [5.74, 6) is 1.39. The average Bonchev–Trinajstić information content (AvgIpc) is 3.32. The molecule has 0 amide bonds. The van der Waals surface area contributed by atoms with Crippen LogP contribution in [-0.2, 0) is 16.6 Å². The molecule has 132 valence electrons. The Bertz CT molecular complexity index is 803. The van der Waals surface area contributed by atoms with Crippen molar-refractivity contribution < 1.29 is 19.7 Å². The van der Waals surface area contributed by atoms with Gasteiger partial charge >= 0.3 is 0 Å². The number of Topliss-reactive ketones (excluding diaryl/α,β-unsaturated/α-hetero) is 1. The Morgan fingerprint density at radius 3 is 2.92 bits per heavy atom. The van der Waals surface area contributed by atoms with Gasteiger partial charge in [-0.1, -0.05) is 6.07 Å². The average molecular weight is 341 g/mol. The highest BCUT2D eigenvalue weighted by Crippen LogP contribution is 2.64. The number of ether oxygens (including phenoxy) is 1. The van der Waals surface area contributed by atoms with E-state index in [9.17, 15) is 15.0 Å². The first-order valence-electron chi connectivity index (χ1n) is 9.56. The molecule has 2 aliphatic heterocycles. The van der Waals surface area contributed by atoms with E-state index in [4.69, 9.17) is 4.74 Å². The first kappa shape index (κ1) is 14.6. The lowest BCUT2D eigenvalue weighted by atomic mass is 9.49. The van der Waals surface area contributed by atoms with Crippen LogP contribution in [0.15, 0.2) is 12.1 Å². The maximum absolute atomic E-state index is 12.7. The summed E-state index contributed by atoms with van der Waals surface area (Å²) in [5.41, 5.74) is 0.454. The second-order valence-corrected chi connectivity index (χ2v) is 8.72. The lowest BCUT2D eigenvalue weighted by Crippen LogP contribution is -2.76. The van der Waals surface area contributed by atoms with Crippen molar-refractivity contribution in [1.29, 1.82) is 0 Å². The number of piperidine rings is 1. The van der Waals surface area contributed by atoms with Crippen molar-refractivity contribution in [3.63, 3.8) is 0 Å². The van der Waals surface area contributed by atoms with E-state index in [2.05, 4.69) is 4.90 Å². The number of phenolic OH excluding ortho intramolecular Hbond substituents is 1. The standard InChI is InChI=1S/C20H23NO4/c22-13-4-3-12-9-15-20(24)6-5-14(23)18-19(20,16(12)17(13)25-18)7-8-21(15)10-11-1-2-11/h3-4,11,15,18,22,24H,1-2,5-10H2/t15-,18+,19+,20+/m0/s1. The minimum Gasteiger partial charge on any atom is -0.504 e. The molecule has 1 aromatic carbocycles. The largest absolute Gasteiger partial charge is 0.504 e. The summed E-state index contributed by atoms with van der Waals surface area (Å²) in [7, 11) is 0. The van der Waals surface area contributed by atoms with E-state index in [0.717, 1.165) is 43.0 Å². The van der Waals surface area contributed by atoms with E-state index >= 15 is 0 Å². The Kier molecular flexibility index (Phi) is 2.55. The number of phenols is 1. The van der Waals surface area contributed by atoms with Crippen molar-refractivity contribution in [3.05, 3.63) is 23.3 Å². The topological polar surface area (TPSA) is 70.0 Å². The number of nitrogens with zero attached hydrogens (tertiary/aromatic N) is 1. The van der Waals surface area contributed by atoms with Crippen LogP contribution in [0.5, 0.6) is 11.5 Å². The number of ketones is 1. The Balaban J connectivity index is 1.58. The zero-order valence-electron chi connectivity index (χ0n) is 14.2. The van der Waals surface area contributed by atoms with Gasteiger partial charge in [0.25, 0.3) is 0 Å². The lowest BCUT2D eigenvalue weighted by Gasteiger charge is -2.62. The number of likely N-dealkylation sites (tertiary alicyclic amines) is 1. The van der Waals surface area contributed by atoms with Gasteiger partial charge in [-0.15, -0.1) is 0 Å². The van der Waals surface area contributed by atoms with Crippen LogP contribution in [0.4, 0.5) is 0 Å². The van der Waals surface area contributed by atoms with E-state index in [-0.39, 0.29) is 17.6 Å². The first-order chi connectivity index (χ1) is 12.0. The number of carbonyl (C=O) groups excluding carboxylic acids is 1. The van der Waals surface area contributed by atoms with Crippen LogP contribution in [-0.4, -0.2) is 51.7 Å². The van der Waals surface area contributed by atoms with Gasteiger partial charge in [0, 0.05) is 24.6 Å². The monoisotopic (exact) mass is 341 g/mol. The molecule has 5 heteroatoms. The normalized spacial score (nSPS) is 41.4. The van der Waals surface area contributed by atoms with Gasteiger partial charge in [0.2, 0.25) is 0 Å². The molecule has 1 aromatic rings. The predicted molar refractivity (Wildman–Crippen MR) is 89.8 cm³/mol. The third-order valence-electron chi connectivity index (χ3n) is 7.56. The van der Waals surface area contributed by atoms with Crippen LogP contribution < -0.4 is 4.74 Å². The van der Waals surface area contributed by atoms with Gasteiger partial charge in [-0.3, -0.25) is 9.69 Å². The molecule has 1 spiro atoms. The van der Waals surface area contributed by atoms with Crippen molar-refractivity contribution >= 4 is 5.78 Å². The predicted octanol–water partition coefficient (Wildman–Crippen LogP) is 1.53. The van der Waals surface area contributed by atoms with Crippen LogP contribution in [0.2, 0.25) is 0 Å². The first-order valence-corrected chi connectivity index (χ1v) is 9.56. The Labute approximate surface area is 146 Å². The van der Waals surface area contributed by atoms with Gasteiger partial charge in [-0.05, 0) is 56.2 Å². The van der Waals surface area contributed by atoms with Crippen LogP contribution in [0.1, 0.15) is 43.2 Å². The quantitative estimate of drug-likeness (QED) is 0.854. The summed E-state index contributed by atoms with van der Waals surface area (Å²) in [4.78, 5) is 15.2. The summed E-state index contributed by atoms with van der Waals surface area (Å²) in [5, 5.41) is 22.3. The molecule has 4 atom stereocenters. The van der Waals surface area contributed by atoms with Gasteiger partial charge in [0.15, 0.2) is 23.4 Å². The molecule has 2 bridgehead atoms. The molecule has 1 saturated heterocycles. The van der Waals surface area contributed by atoms with E-state index in [1.807, 2.05) is 6.07 Å². The van der Waals surface area contributed by atoms with Gasteiger partial charge in [-0.2, -0.15) is 0 Å². The van der Waals surface area contributed by atoms with Crippen LogP contribution in [0.3, 0.4) is 0 Å². The zero-order valence-corrected chi connectivity index (χ0v) is 14.2. The molecule has 3 fully saturated rings. The zero-order chi connectivity index (χ0) is 17.0. The molecule has 5 nitrogen and oxygen atoms in total. The number of hydrogen-bond acceptors (Lipinski definition) is 5. The van der Waals surface area contributed by atoms with Crippen LogP contribution in [0.25, 0.3) is 0 Å². The lowest BCUT2D eigenvalue weighted by molar-refractivity contribution is -0.188. The van der Waals surface area contributed by atoms with Crippen molar-refractivity contribution in [1.82, 2.24) is 4.90 Å². The van der Waals surface area contributed by atoms with E-state index in [1.54, 1.807) is 6.07 Å². The number of aliphatic hydroxyl groups is 1. The third kappa shape index (κ3) is 1.56. The highest BCUT2D eigenvalue weighted by Gasteiger charge is 2.73. The summed E-state index contributed by atoms with van der Waals surface area (Å²) in [6, 6.07) is 3.69. The fraction of sp³-hybridized carbons (Fsp3) is 0.650. The number of carbonyl (C=O) groups is 1. The molecule has 0 aromatic heterocycles. The molecule has 0 unspecified atom stereocenters. The summed E-state index contributed by atoms with van der Waals surface area (Å²) in [6.45, 7) is 1.95. The smallest absolute Gasteiger partial charge is 0.174 e. The number of benzene rings is 1. The maximum atomic E-state index is 12.7. The Morgan fingerprint density at radius 1 is 1.28 bits per heavy atom. The van der Waals surface area contributed by atoms with Gasteiger partial charge in [-0.25, -0.2) is 0 Å². The van der Waals surface area contributed by atoms with Gasteiger partial charge in [0.1, 0.15) is 0 Å². The van der Waals surface area contributed by atoms with Crippen LogP contribution >= 0.6 is 0 Å². The molecule has 25 heavy (non-hydrogen) atoms. The Morgan fingerprint density at radius 2 is 2.12 bits per heavy atom. The number of aromatic hydroxyl groups is 1. The Hall–Kier alpha value is -1.59. The molecule has 6 rings (SSSR count). The fourth-order valence-electron chi connectivity index (χ4n) is 6.26. The summed E-state index contributed by atoms with van der Waals surface area (Å²) < 4.78 is 6.04. The number of hydrogen-bond donors (Lipinski definition) is 2. The highest BCUT2D eigenvalue weighted by molar-refractivity contribution is 5.90. The third-order valence-corrected chi connectivity index (χ3v) is 7.56. The molecule has 2 heterocycles. The summed E-state index contributed by atoms with van der Waals surface area (Å²) in [6.07, 6.45) is 4.33. The SMILES string of the molecule is O=C1CC[C@@]2(O)[C@@H]3Cc4ccc(O)c5c4[C@]2(CCN3CC2CC2)[C@@H]1O5. The molecular weight excluding hydrogens is 318 g/mol. The van der Waals surface area contributed by atoms with E-state index in [1.165, 1.54) is 12.8 Å². The second kappa shape index (κ2) is 4.38. The van der Waals surface area contributed by atoms with E-state index < -0.39 is 17.1 Å². The minimum atomic E-state index is -0.940. The molecule has 5 aliphatic rings. The van der Waals surface area contributed by atoms with Gasteiger partial charge < -0.3 is 14.9 Å². The fourth-order valence-corrected chi connectivity index (χ4v) is 6.26. The molecular formula is C20H23NO4. The van der Waals surface area contributed by atoms with E-state index in [0.29, 0.717) is 18.6 Å². The number of rotatable bonds is 2. The van der Waals surface area contributed by atoms with Gasteiger partial charge in [0.05, 0.1) is 11.0 Å². The molecule has 0 radical (unpaired) electrons. The molecule has 3 aliphatic carbocycles.